The van der Waals surface area contributed by atoms with Gasteiger partial charge in [0.1, 0.15) is 28.8 Å². The van der Waals surface area contributed by atoms with Gasteiger partial charge in [-0.3, -0.25) is 48.9 Å². The van der Waals surface area contributed by atoms with Gasteiger partial charge in [-0.05, 0) is 83.9 Å². The molecule has 2 aliphatic heterocycles. The van der Waals surface area contributed by atoms with Crippen molar-refractivity contribution in [3.63, 3.8) is 0 Å². The van der Waals surface area contributed by atoms with E-state index in [1.54, 1.807) is 25.1 Å². The minimum Gasteiger partial charge on any atom is -0.497 e. The minimum absolute atomic E-state index is 0.000684. The zero-order valence-electron chi connectivity index (χ0n) is 41.0. The van der Waals surface area contributed by atoms with Crippen molar-refractivity contribution in [3.8, 4) is 11.5 Å². The SMILES string of the molecule is CC(=O)Nc1nc2c(ncn2[C@@H]2C[C@@H]3[C@H](O2)[C@H](C)C[C@H]3C)c(=O)[nH]1.CC(=O)Nc1nc2c(ncn2[C@@H]2C[C@@H]3[C@H](O2)[C@H](C)C[C@H]3O)c(=O)[nH]1.COc1ccc(C(Cl)(c2ccccc2)c2ccc(OC)cc2)cc1. The van der Waals surface area contributed by atoms with Crippen molar-refractivity contribution in [2.75, 3.05) is 24.9 Å². The number of benzene rings is 3. The number of ether oxygens (including phenoxy) is 4. The number of alkyl halides is 1. The molecule has 0 unspecified atom stereocenters. The van der Waals surface area contributed by atoms with Gasteiger partial charge in [0.15, 0.2) is 22.3 Å². The molecule has 11 rings (SSSR count). The number of nitrogens with one attached hydrogen (secondary N) is 4. The van der Waals surface area contributed by atoms with Crippen molar-refractivity contribution in [2.24, 2.45) is 29.6 Å². The second-order valence-electron chi connectivity index (χ2n) is 19.2. The van der Waals surface area contributed by atoms with Crippen LogP contribution in [0.2, 0.25) is 0 Å². The fraction of sp³-hybridized carbons (Fsp3) is 0.423. The Morgan fingerprint density at radius 2 is 1.08 bits per heavy atom. The van der Waals surface area contributed by atoms with E-state index in [2.05, 4.69) is 61.3 Å². The number of nitrogens with zero attached hydrogens (tertiary/aromatic N) is 6. The van der Waals surface area contributed by atoms with Crippen molar-refractivity contribution >= 4 is 57.6 Å². The number of imidazole rings is 2. The summed E-state index contributed by atoms with van der Waals surface area (Å²) in [6, 6.07) is 25.8. The molecule has 5 N–H and O–H groups in total. The van der Waals surface area contributed by atoms with Crippen LogP contribution < -0.4 is 31.2 Å². The van der Waals surface area contributed by atoms with Gasteiger partial charge in [0.05, 0.1) is 45.2 Å². The van der Waals surface area contributed by atoms with Crippen LogP contribution >= 0.6 is 11.6 Å². The minimum atomic E-state index is -0.778. The lowest BCUT2D eigenvalue weighted by molar-refractivity contribution is -0.115. The van der Waals surface area contributed by atoms with E-state index in [4.69, 9.17) is 30.5 Å². The summed E-state index contributed by atoms with van der Waals surface area (Å²) >= 11 is 7.22. The summed E-state index contributed by atoms with van der Waals surface area (Å²) in [6.07, 6.45) is 5.98. The molecular weight excluding hydrogens is 944 g/mol. The second kappa shape index (κ2) is 20.7. The summed E-state index contributed by atoms with van der Waals surface area (Å²) in [5.41, 5.74) is 3.44. The number of methoxy groups -OCH3 is 2. The first-order valence-electron chi connectivity index (χ1n) is 24.1. The third-order valence-electron chi connectivity index (χ3n) is 14.3. The van der Waals surface area contributed by atoms with Crippen molar-refractivity contribution in [1.29, 1.82) is 0 Å². The zero-order chi connectivity index (χ0) is 51.0. The van der Waals surface area contributed by atoms with Crippen LogP contribution in [0.4, 0.5) is 11.9 Å². The van der Waals surface area contributed by atoms with E-state index in [0.29, 0.717) is 35.5 Å². The highest BCUT2D eigenvalue weighted by atomic mass is 35.5. The normalized spacial score (nSPS) is 25.2. The topological polar surface area (TPSA) is 242 Å². The Hall–Kier alpha value is -6.93. The average Bonchev–Trinajstić information content (AvgIpc) is 4.23. The van der Waals surface area contributed by atoms with Crippen LogP contribution in [-0.4, -0.2) is 88.5 Å². The summed E-state index contributed by atoms with van der Waals surface area (Å²) in [7, 11) is 3.31. The lowest BCUT2D eigenvalue weighted by Gasteiger charge is -2.29. The Bertz CT molecular complexity index is 2960. The van der Waals surface area contributed by atoms with Gasteiger partial charge in [0.25, 0.3) is 11.1 Å². The molecule has 72 heavy (non-hydrogen) atoms. The van der Waals surface area contributed by atoms with E-state index in [1.165, 1.54) is 26.6 Å². The molecule has 7 aromatic rings. The summed E-state index contributed by atoms with van der Waals surface area (Å²) in [5, 5.41) is 15.1. The monoisotopic (exact) mass is 1000 g/mol. The van der Waals surface area contributed by atoms with E-state index in [-0.39, 0.29) is 82.9 Å². The number of carbonyl (C=O) groups excluding carboxylic acids is 2. The average molecular weight is 1000 g/mol. The molecule has 0 spiro atoms. The van der Waals surface area contributed by atoms with E-state index in [1.807, 2.05) is 83.4 Å². The summed E-state index contributed by atoms with van der Waals surface area (Å²) < 4.78 is 26.4. The maximum absolute atomic E-state index is 12.1. The predicted octanol–water partition coefficient (Wildman–Crippen LogP) is 7.27. The van der Waals surface area contributed by atoms with Crippen LogP contribution in [0.5, 0.6) is 11.5 Å². The van der Waals surface area contributed by atoms with Gasteiger partial charge >= 0.3 is 0 Å². The van der Waals surface area contributed by atoms with Gasteiger partial charge < -0.3 is 24.1 Å². The molecule has 378 valence electrons. The van der Waals surface area contributed by atoms with E-state index >= 15 is 0 Å². The molecular formula is C52H59ClN10O9. The number of hydrogen-bond acceptors (Lipinski definition) is 13. The molecule has 0 radical (unpaired) electrons. The molecule has 2 amide bonds. The zero-order valence-corrected chi connectivity index (χ0v) is 41.8. The van der Waals surface area contributed by atoms with Crippen molar-refractivity contribution in [1.82, 2.24) is 39.0 Å². The highest BCUT2D eigenvalue weighted by Crippen LogP contribution is 2.50. The van der Waals surface area contributed by atoms with Gasteiger partial charge in [0.2, 0.25) is 23.7 Å². The standard InChI is InChI=1S/C21H19ClO2.C16H21N5O3.C15H19N5O4/c1-23-19-12-8-17(9-13-19)21(22,16-6-4-3-5-7-16)18-10-14-20(24-2)15-11-18;1-7-4-8(2)13-10(7)5-11(24-13)21-6-17-12-14(21)19-16(18-9(3)22)20-15(12)23;1-6-3-9(22)8-4-10(24-12(6)8)20-5-16-11-13(20)18-15(17-7(2)21)19-14(11)23/h3-15H,1-2H3;6-8,10-11,13H,4-5H2,1-3H3,(H2,18,19,20,22,23);5-6,8-10,12,22H,3-4H2,1-2H3,(H2,17,18,19,21,23)/t;7-,8-,10+,11+,13-;6-,8+,9-,10+,12-/m.11/s1. The largest absolute Gasteiger partial charge is 0.497 e. The number of H-pyrrole nitrogens is 2. The van der Waals surface area contributed by atoms with E-state index in [0.717, 1.165) is 41.0 Å². The quantitative estimate of drug-likeness (QED) is 0.0707. The number of carbonyl (C=O) groups is 2. The van der Waals surface area contributed by atoms with Crippen LogP contribution in [0.1, 0.15) is 89.4 Å². The molecule has 2 saturated carbocycles. The number of amides is 2. The number of hydrogen-bond donors (Lipinski definition) is 5. The summed E-state index contributed by atoms with van der Waals surface area (Å²) in [4.78, 5) is 67.8. The number of fused-ring (bicyclic) bond motifs is 4. The van der Waals surface area contributed by atoms with Gasteiger partial charge in [-0.2, -0.15) is 9.97 Å². The highest BCUT2D eigenvalue weighted by Gasteiger charge is 2.49. The Labute approximate surface area is 419 Å². The number of aliphatic hydroxyl groups excluding tert-OH is 1. The third-order valence-corrected chi connectivity index (χ3v) is 15.0. The maximum atomic E-state index is 12.1. The third kappa shape index (κ3) is 9.85. The highest BCUT2D eigenvalue weighted by molar-refractivity contribution is 6.28. The number of anilines is 2. The number of rotatable bonds is 9. The molecule has 20 heteroatoms. The molecule has 0 bridgehead atoms. The summed E-state index contributed by atoms with van der Waals surface area (Å²) in [6.45, 7) is 9.28. The molecule has 2 saturated heterocycles. The molecule has 2 aliphatic carbocycles. The van der Waals surface area contributed by atoms with Gasteiger partial charge in [-0.1, -0.05) is 75.4 Å². The number of aliphatic hydroxyl groups is 1. The number of halogens is 1. The first-order valence-corrected chi connectivity index (χ1v) is 24.4. The molecule has 6 heterocycles. The Morgan fingerprint density at radius 3 is 1.51 bits per heavy atom. The fourth-order valence-electron chi connectivity index (χ4n) is 10.9. The Balaban J connectivity index is 0.000000133. The van der Waals surface area contributed by atoms with Crippen molar-refractivity contribution < 1.29 is 33.6 Å². The van der Waals surface area contributed by atoms with Crippen LogP contribution in [0.25, 0.3) is 22.3 Å². The molecule has 10 atom stereocenters. The van der Waals surface area contributed by atoms with Crippen LogP contribution in [0.3, 0.4) is 0 Å². The lowest BCUT2D eigenvalue weighted by Crippen LogP contribution is -2.22. The lowest BCUT2D eigenvalue weighted by atomic mass is 9.84. The first-order chi connectivity index (χ1) is 34.6. The Morgan fingerprint density at radius 1 is 0.653 bits per heavy atom. The molecule has 4 aliphatic rings. The summed E-state index contributed by atoms with van der Waals surface area (Å²) in [5.74, 6) is 3.27. The molecule has 19 nitrogen and oxygen atoms in total. The first kappa shape index (κ1) is 50.0. The van der Waals surface area contributed by atoms with Crippen LogP contribution in [0.15, 0.2) is 101 Å². The molecule has 3 aromatic carbocycles. The molecule has 4 fully saturated rings. The van der Waals surface area contributed by atoms with Gasteiger partial charge in [0, 0.05) is 26.2 Å². The number of aromatic nitrogens is 8. The second-order valence-corrected chi connectivity index (χ2v) is 19.8. The van der Waals surface area contributed by atoms with Gasteiger partial charge in [-0.15, -0.1) is 11.6 Å². The predicted molar refractivity (Wildman–Crippen MR) is 270 cm³/mol. The number of aromatic amines is 2. The van der Waals surface area contributed by atoms with Crippen molar-refractivity contribution in [3.05, 3.63) is 129 Å². The van der Waals surface area contributed by atoms with Crippen LogP contribution in [-0.2, 0) is 23.9 Å². The smallest absolute Gasteiger partial charge is 0.280 e. The molecule has 4 aromatic heterocycles. The maximum Gasteiger partial charge on any atom is 0.280 e. The van der Waals surface area contributed by atoms with Crippen molar-refractivity contribution in [2.45, 2.75) is 95.9 Å². The Kier molecular flexibility index (Phi) is 14.4. The van der Waals surface area contributed by atoms with E-state index < -0.39 is 10.4 Å². The van der Waals surface area contributed by atoms with Gasteiger partial charge in [-0.25, -0.2) is 9.97 Å². The fourth-order valence-corrected chi connectivity index (χ4v) is 11.3. The van der Waals surface area contributed by atoms with Crippen LogP contribution in [0, 0.1) is 29.6 Å². The van der Waals surface area contributed by atoms with E-state index in [9.17, 15) is 24.3 Å².